The topological polar surface area (TPSA) is 30.5 Å². The number of hydrogen-bond acceptors (Lipinski definition) is 3. The molecule has 0 aliphatic carbocycles. The first-order valence-electron chi connectivity index (χ1n) is 6.62. The van der Waals surface area contributed by atoms with Crippen LogP contribution >= 0.6 is 11.6 Å². The van der Waals surface area contributed by atoms with Crippen LogP contribution in [-0.4, -0.2) is 13.7 Å². The summed E-state index contributed by atoms with van der Waals surface area (Å²) in [5.41, 5.74) is 1.37. The van der Waals surface area contributed by atoms with Crippen LogP contribution in [0.25, 0.3) is 0 Å². The van der Waals surface area contributed by atoms with E-state index < -0.39 is 0 Å². The largest absolute Gasteiger partial charge is 0.493 e. The fourth-order valence-corrected chi connectivity index (χ4v) is 2.09. The third kappa shape index (κ3) is 4.02. The van der Waals surface area contributed by atoms with Gasteiger partial charge in [0.25, 0.3) is 0 Å². The van der Waals surface area contributed by atoms with Crippen LogP contribution in [0.5, 0.6) is 11.5 Å². The van der Waals surface area contributed by atoms with Gasteiger partial charge in [0.1, 0.15) is 5.82 Å². The van der Waals surface area contributed by atoms with E-state index in [4.69, 9.17) is 21.1 Å². The molecule has 5 heteroatoms. The summed E-state index contributed by atoms with van der Waals surface area (Å²) < 4.78 is 24.4. The van der Waals surface area contributed by atoms with Gasteiger partial charge in [0, 0.05) is 11.6 Å². The van der Waals surface area contributed by atoms with Gasteiger partial charge in [-0.3, -0.25) is 0 Å². The fraction of sp³-hybridized carbons (Fsp3) is 0.250. The zero-order chi connectivity index (χ0) is 15.2. The van der Waals surface area contributed by atoms with E-state index in [1.165, 1.54) is 6.07 Å². The number of methoxy groups -OCH3 is 1. The van der Waals surface area contributed by atoms with E-state index in [-0.39, 0.29) is 5.82 Å². The molecule has 0 unspecified atom stereocenters. The molecule has 0 fully saturated rings. The first-order chi connectivity index (χ1) is 10.1. The molecule has 0 radical (unpaired) electrons. The molecular weight excluding hydrogens is 293 g/mol. The van der Waals surface area contributed by atoms with Gasteiger partial charge < -0.3 is 14.8 Å². The molecule has 21 heavy (non-hydrogen) atoms. The van der Waals surface area contributed by atoms with Crippen LogP contribution in [0, 0.1) is 5.82 Å². The summed E-state index contributed by atoms with van der Waals surface area (Å²) in [6.45, 7) is 2.96. The van der Waals surface area contributed by atoms with Crippen molar-refractivity contribution in [3.05, 3.63) is 52.8 Å². The molecule has 0 aliphatic heterocycles. The second kappa shape index (κ2) is 7.18. The minimum atomic E-state index is -0.375. The number of ether oxygens (including phenoxy) is 2. The second-order valence-corrected chi connectivity index (χ2v) is 4.83. The van der Waals surface area contributed by atoms with Crippen molar-refractivity contribution in [1.82, 2.24) is 0 Å². The lowest BCUT2D eigenvalue weighted by atomic mass is 10.2. The van der Waals surface area contributed by atoms with Crippen LogP contribution < -0.4 is 14.8 Å². The van der Waals surface area contributed by atoms with Crippen LogP contribution in [-0.2, 0) is 6.54 Å². The number of nitrogens with one attached hydrogen (secondary N) is 1. The lowest BCUT2D eigenvalue weighted by Crippen LogP contribution is -2.02. The van der Waals surface area contributed by atoms with E-state index in [1.54, 1.807) is 19.2 Å². The second-order valence-electron chi connectivity index (χ2n) is 4.40. The van der Waals surface area contributed by atoms with Crippen LogP contribution in [0.4, 0.5) is 10.1 Å². The highest BCUT2D eigenvalue weighted by Gasteiger charge is 2.06. The highest BCUT2D eigenvalue weighted by Crippen LogP contribution is 2.28. The maximum atomic E-state index is 13.7. The van der Waals surface area contributed by atoms with Gasteiger partial charge in [-0.15, -0.1) is 0 Å². The van der Waals surface area contributed by atoms with Crippen molar-refractivity contribution in [3.8, 4) is 11.5 Å². The minimum Gasteiger partial charge on any atom is -0.493 e. The lowest BCUT2D eigenvalue weighted by Gasteiger charge is -2.12. The van der Waals surface area contributed by atoms with Gasteiger partial charge >= 0.3 is 0 Å². The Morgan fingerprint density at radius 3 is 2.62 bits per heavy atom. The van der Waals surface area contributed by atoms with Crippen molar-refractivity contribution in [1.29, 1.82) is 0 Å². The Morgan fingerprint density at radius 1 is 1.14 bits per heavy atom. The van der Waals surface area contributed by atoms with E-state index in [1.807, 2.05) is 25.1 Å². The van der Waals surface area contributed by atoms with E-state index >= 15 is 0 Å². The van der Waals surface area contributed by atoms with Crippen molar-refractivity contribution in [2.75, 3.05) is 19.0 Å². The molecule has 0 saturated heterocycles. The number of halogens is 2. The summed E-state index contributed by atoms with van der Waals surface area (Å²) in [5.74, 6) is 0.981. The molecule has 0 saturated carbocycles. The third-order valence-corrected chi connectivity index (χ3v) is 3.18. The summed E-state index contributed by atoms with van der Waals surface area (Å²) in [7, 11) is 1.59. The lowest BCUT2D eigenvalue weighted by molar-refractivity contribution is 0.310. The maximum Gasteiger partial charge on any atom is 0.161 e. The molecular formula is C16H17ClFNO2. The molecule has 0 atom stereocenters. The number of benzene rings is 2. The SMILES string of the molecule is CCOc1ccc(CNc2ccc(Cl)cc2F)cc1OC. The summed E-state index contributed by atoms with van der Waals surface area (Å²) >= 11 is 5.72. The van der Waals surface area contributed by atoms with E-state index in [2.05, 4.69) is 5.32 Å². The van der Waals surface area contributed by atoms with Crippen LogP contribution in [0.1, 0.15) is 12.5 Å². The predicted molar refractivity (Wildman–Crippen MR) is 82.9 cm³/mol. The Hall–Kier alpha value is -1.94. The highest BCUT2D eigenvalue weighted by atomic mass is 35.5. The molecule has 2 aromatic rings. The number of anilines is 1. The molecule has 0 aliphatic rings. The van der Waals surface area contributed by atoms with Crippen LogP contribution in [0.2, 0.25) is 5.02 Å². The minimum absolute atomic E-state index is 0.375. The summed E-state index contributed by atoms with van der Waals surface area (Å²) in [6.07, 6.45) is 0. The molecule has 1 N–H and O–H groups in total. The Bertz CT molecular complexity index is 619. The molecule has 112 valence electrons. The van der Waals surface area contributed by atoms with Gasteiger partial charge in [-0.25, -0.2) is 4.39 Å². The fourth-order valence-electron chi connectivity index (χ4n) is 1.93. The molecule has 0 aromatic heterocycles. The Labute approximate surface area is 128 Å². The van der Waals surface area contributed by atoms with Crippen molar-refractivity contribution in [2.24, 2.45) is 0 Å². The average Bonchev–Trinajstić information content (AvgIpc) is 2.47. The Kier molecular flexibility index (Phi) is 5.28. The van der Waals surface area contributed by atoms with Gasteiger partial charge in [0.15, 0.2) is 11.5 Å². The standard InChI is InChI=1S/C16H17ClFNO2/c1-3-21-15-7-4-11(8-16(15)20-2)10-19-14-6-5-12(17)9-13(14)18/h4-9,19H,3,10H2,1-2H3. The van der Waals surface area contributed by atoms with Crippen LogP contribution in [0.3, 0.4) is 0 Å². The molecule has 0 heterocycles. The first-order valence-corrected chi connectivity index (χ1v) is 7.00. The van der Waals surface area contributed by atoms with Crippen molar-refractivity contribution >= 4 is 17.3 Å². The number of rotatable bonds is 6. The maximum absolute atomic E-state index is 13.7. The zero-order valence-electron chi connectivity index (χ0n) is 12.0. The molecule has 0 spiro atoms. The Balaban J connectivity index is 2.09. The van der Waals surface area contributed by atoms with Gasteiger partial charge in [0.05, 0.1) is 19.4 Å². The summed E-state index contributed by atoms with van der Waals surface area (Å²) in [5, 5.41) is 3.40. The van der Waals surface area contributed by atoms with Gasteiger partial charge in [0.2, 0.25) is 0 Å². The molecule has 0 bridgehead atoms. The summed E-state index contributed by atoms with van der Waals surface area (Å²) in [4.78, 5) is 0. The zero-order valence-corrected chi connectivity index (χ0v) is 12.7. The van der Waals surface area contributed by atoms with E-state index in [0.29, 0.717) is 35.4 Å². The monoisotopic (exact) mass is 309 g/mol. The normalized spacial score (nSPS) is 10.3. The first kappa shape index (κ1) is 15.4. The Morgan fingerprint density at radius 2 is 1.95 bits per heavy atom. The van der Waals surface area contributed by atoms with Crippen molar-refractivity contribution < 1.29 is 13.9 Å². The third-order valence-electron chi connectivity index (χ3n) is 2.94. The van der Waals surface area contributed by atoms with Crippen LogP contribution in [0.15, 0.2) is 36.4 Å². The smallest absolute Gasteiger partial charge is 0.161 e. The van der Waals surface area contributed by atoms with E-state index in [0.717, 1.165) is 5.56 Å². The van der Waals surface area contributed by atoms with E-state index in [9.17, 15) is 4.39 Å². The number of hydrogen-bond donors (Lipinski definition) is 1. The molecule has 2 aromatic carbocycles. The molecule has 0 amide bonds. The molecule has 2 rings (SSSR count). The quantitative estimate of drug-likeness (QED) is 0.852. The average molecular weight is 310 g/mol. The van der Waals surface area contributed by atoms with Crippen molar-refractivity contribution in [3.63, 3.8) is 0 Å². The van der Waals surface area contributed by atoms with Gasteiger partial charge in [-0.1, -0.05) is 17.7 Å². The highest BCUT2D eigenvalue weighted by molar-refractivity contribution is 6.30. The van der Waals surface area contributed by atoms with Crippen molar-refractivity contribution in [2.45, 2.75) is 13.5 Å². The predicted octanol–water partition coefficient (Wildman–Crippen LogP) is 4.50. The molecule has 3 nitrogen and oxygen atoms in total. The summed E-state index contributed by atoms with van der Waals surface area (Å²) in [6, 6.07) is 10.2. The van der Waals surface area contributed by atoms with Gasteiger partial charge in [-0.2, -0.15) is 0 Å². The van der Waals surface area contributed by atoms with Gasteiger partial charge in [-0.05, 0) is 42.8 Å².